The lowest BCUT2D eigenvalue weighted by Crippen LogP contribution is -2.55. The number of nitrogens with two attached hydrogens (primary N) is 1. The number of rotatable bonds is 8. The molecule has 16 heteroatoms. The zero-order chi connectivity index (χ0) is 34.2. The van der Waals surface area contributed by atoms with Crippen LogP contribution in [0.25, 0.3) is 5.65 Å². The van der Waals surface area contributed by atoms with Gasteiger partial charge in [-0.25, -0.2) is 13.4 Å². The molecule has 2 aliphatic rings. The molecule has 2 aromatic heterocycles. The van der Waals surface area contributed by atoms with Crippen LogP contribution in [-0.4, -0.2) is 88.7 Å². The van der Waals surface area contributed by atoms with Crippen molar-refractivity contribution in [1.82, 2.24) is 23.5 Å². The third kappa shape index (κ3) is 6.51. The number of pyridine rings is 1. The minimum absolute atomic E-state index is 0.0660. The molecule has 1 atom stereocenters. The first-order valence-electron chi connectivity index (χ1n) is 15.2. The molecule has 2 fully saturated rings. The number of aromatic nitrogens is 2. The number of halogens is 3. The number of sulfonamides is 1. The van der Waals surface area contributed by atoms with Gasteiger partial charge in [-0.05, 0) is 77.7 Å². The molecule has 48 heavy (non-hydrogen) atoms. The normalized spacial score (nSPS) is 17.5. The second kappa shape index (κ2) is 14.0. The molecule has 6 rings (SSSR count). The molecular weight excluding hydrogens is 745 g/mol. The third-order valence-electron chi connectivity index (χ3n) is 8.57. The standard InChI is InChI=1S/C32H32BrCl2N7O5S/c1-20-29(33)41-12-3-5-26(30(41)38-20)47-19-23-24(34)10-11-27(28(23)35)48(45,46)42-13-2-4-25(42)32(44)40-16-14-39(15-17-40)31(43)22-8-6-21(7-9-22)18-37-36/h3,5-12,18,25H,2,4,13-17,19,36H2,1H3/t25-/m0/s1. The zero-order valence-corrected chi connectivity index (χ0v) is 29.8. The number of fused-ring (bicyclic) bond motifs is 1. The van der Waals surface area contributed by atoms with E-state index in [1.807, 2.05) is 17.5 Å². The van der Waals surface area contributed by atoms with Crippen LogP contribution in [0.2, 0.25) is 10.0 Å². The lowest BCUT2D eigenvalue weighted by molar-refractivity contribution is -0.136. The molecule has 4 aromatic rings. The maximum Gasteiger partial charge on any atom is 0.253 e. The molecule has 0 unspecified atom stereocenters. The van der Waals surface area contributed by atoms with E-state index in [1.165, 1.54) is 22.7 Å². The number of carbonyl (C=O) groups is 2. The summed E-state index contributed by atoms with van der Waals surface area (Å²) in [6, 6.07) is 12.4. The summed E-state index contributed by atoms with van der Waals surface area (Å²) in [6.45, 7) is 3.15. The number of aryl methyl sites for hydroxylation is 1. The van der Waals surface area contributed by atoms with Crippen molar-refractivity contribution in [2.24, 2.45) is 10.9 Å². The van der Waals surface area contributed by atoms with Gasteiger partial charge >= 0.3 is 0 Å². The molecule has 0 saturated carbocycles. The number of nitrogens with zero attached hydrogens (tertiary/aromatic N) is 6. The largest absolute Gasteiger partial charge is 0.485 e. The summed E-state index contributed by atoms with van der Waals surface area (Å²) in [4.78, 5) is 34.5. The molecule has 252 valence electrons. The van der Waals surface area contributed by atoms with E-state index < -0.39 is 16.1 Å². The predicted octanol–water partition coefficient (Wildman–Crippen LogP) is 4.72. The zero-order valence-electron chi connectivity index (χ0n) is 25.9. The van der Waals surface area contributed by atoms with Gasteiger partial charge in [0.15, 0.2) is 11.4 Å². The first-order chi connectivity index (χ1) is 23.0. The van der Waals surface area contributed by atoms with E-state index in [1.54, 1.807) is 46.2 Å². The summed E-state index contributed by atoms with van der Waals surface area (Å²) >= 11 is 16.8. The molecule has 0 bridgehead atoms. The topological polar surface area (TPSA) is 143 Å². The number of ether oxygens (including phenoxy) is 1. The van der Waals surface area contributed by atoms with Gasteiger partial charge in [-0.1, -0.05) is 35.3 Å². The van der Waals surface area contributed by atoms with Gasteiger partial charge in [0.2, 0.25) is 15.9 Å². The van der Waals surface area contributed by atoms with Crippen molar-refractivity contribution in [3.8, 4) is 5.75 Å². The van der Waals surface area contributed by atoms with Crippen molar-refractivity contribution in [3.05, 3.63) is 91.8 Å². The Morgan fingerprint density at radius 1 is 1.06 bits per heavy atom. The number of piperazine rings is 1. The first kappa shape index (κ1) is 34.2. The van der Waals surface area contributed by atoms with E-state index in [0.29, 0.717) is 48.5 Å². The van der Waals surface area contributed by atoms with Gasteiger partial charge in [-0.2, -0.15) is 9.41 Å². The minimum Gasteiger partial charge on any atom is -0.485 e. The van der Waals surface area contributed by atoms with Crippen molar-refractivity contribution in [2.45, 2.75) is 37.3 Å². The second-order valence-electron chi connectivity index (χ2n) is 11.5. The number of hydrogen-bond donors (Lipinski definition) is 1. The van der Waals surface area contributed by atoms with Gasteiger partial charge in [-0.15, -0.1) is 0 Å². The summed E-state index contributed by atoms with van der Waals surface area (Å²) < 4.78 is 38.0. The molecule has 2 amide bonds. The average Bonchev–Trinajstić information content (AvgIpc) is 3.70. The average molecular weight is 778 g/mol. The van der Waals surface area contributed by atoms with Gasteiger partial charge < -0.3 is 20.4 Å². The van der Waals surface area contributed by atoms with E-state index in [9.17, 15) is 18.0 Å². The number of hydrogen-bond acceptors (Lipinski definition) is 8. The SMILES string of the molecule is Cc1nc2c(OCc3c(Cl)ccc(S(=O)(=O)N4CCC[C@H]4C(=O)N4CCN(C(=O)c5ccc(C=NN)cc5)CC4)c3Cl)cccn2c1Br. The van der Waals surface area contributed by atoms with Gasteiger partial charge in [-0.3, -0.25) is 14.0 Å². The van der Waals surface area contributed by atoms with Crippen molar-refractivity contribution in [1.29, 1.82) is 0 Å². The molecule has 2 saturated heterocycles. The fourth-order valence-corrected chi connectivity index (χ4v) is 8.91. The van der Waals surface area contributed by atoms with E-state index >= 15 is 0 Å². The Hall–Kier alpha value is -3.69. The van der Waals surface area contributed by atoms with Gasteiger partial charge in [0.25, 0.3) is 5.91 Å². The van der Waals surface area contributed by atoms with E-state index in [4.69, 9.17) is 33.8 Å². The molecule has 0 radical (unpaired) electrons. The summed E-state index contributed by atoms with van der Waals surface area (Å²) in [5.74, 6) is 5.22. The molecule has 0 aliphatic carbocycles. The molecule has 2 aliphatic heterocycles. The third-order valence-corrected chi connectivity index (χ3v) is 12.4. The van der Waals surface area contributed by atoms with Crippen LogP contribution in [0.5, 0.6) is 5.75 Å². The Labute approximate surface area is 296 Å². The Morgan fingerprint density at radius 2 is 1.77 bits per heavy atom. The first-order valence-corrected chi connectivity index (χ1v) is 18.2. The maximum atomic E-state index is 14.1. The Balaban J connectivity index is 1.15. The van der Waals surface area contributed by atoms with E-state index in [2.05, 4.69) is 26.0 Å². The molecule has 12 nitrogen and oxygen atoms in total. The molecule has 4 heterocycles. The highest BCUT2D eigenvalue weighted by Crippen LogP contribution is 2.37. The molecule has 2 N–H and O–H groups in total. The Bertz CT molecular complexity index is 2020. The van der Waals surface area contributed by atoms with Crippen LogP contribution in [0.1, 0.15) is 40.0 Å². The van der Waals surface area contributed by atoms with Crippen LogP contribution in [-0.2, 0) is 21.4 Å². The van der Waals surface area contributed by atoms with Crippen molar-refractivity contribution < 1.29 is 22.7 Å². The second-order valence-corrected chi connectivity index (χ2v) is 14.9. The van der Waals surface area contributed by atoms with E-state index in [0.717, 1.165) is 15.9 Å². The van der Waals surface area contributed by atoms with Gasteiger partial charge in [0.05, 0.1) is 16.9 Å². The maximum absolute atomic E-state index is 14.1. The van der Waals surface area contributed by atoms with Crippen molar-refractivity contribution >= 4 is 72.8 Å². The van der Waals surface area contributed by atoms with Crippen LogP contribution < -0.4 is 10.6 Å². The number of benzene rings is 2. The van der Waals surface area contributed by atoms with Crippen molar-refractivity contribution in [2.75, 3.05) is 32.7 Å². The summed E-state index contributed by atoms with van der Waals surface area (Å²) in [7, 11) is -4.19. The monoisotopic (exact) mass is 775 g/mol. The van der Waals surface area contributed by atoms with E-state index in [-0.39, 0.29) is 53.0 Å². The van der Waals surface area contributed by atoms with Crippen LogP contribution in [0.4, 0.5) is 0 Å². The molecule has 2 aromatic carbocycles. The number of carbonyl (C=O) groups excluding carboxylic acids is 2. The quantitative estimate of drug-likeness (QED) is 0.155. The molecular formula is C32H32BrCl2N7O5S. The predicted molar refractivity (Wildman–Crippen MR) is 186 cm³/mol. The lowest BCUT2D eigenvalue weighted by atomic mass is 10.1. The van der Waals surface area contributed by atoms with Crippen LogP contribution >= 0.6 is 39.1 Å². The fraction of sp³-hybridized carbons (Fsp3) is 0.312. The highest BCUT2D eigenvalue weighted by Gasteiger charge is 2.43. The lowest BCUT2D eigenvalue weighted by Gasteiger charge is -2.37. The van der Waals surface area contributed by atoms with Crippen LogP contribution in [0, 0.1) is 6.92 Å². The smallest absolute Gasteiger partial charge is 0.253 e. The summed E-state index contributed by atoms with van der Waals surface area (Å²) in [5.41, 5.74) is 2.95. The summed E-state index contributed by atoms with van der Waals surface area (Å²) in [6.07, 6.45) is 4.22. The fourth-order valence-electron chi connectivity index (χ4n) is 6.02. The Kier molecular flexibility index (Phi) is 10.00. The van der Waals surface area contributed by atoms with Crippen LogP contribution in [0.3, 0.4) is 0 Å². The highest BCUT2D eigenvalue weighted by atomic mass is 79.9. The van der Waals surface area contributed by atoms with Crippen LogP contribution in [0.15, 0.2) is 69.3 Å². The number of amides is 2. The highest BCUT2D eigenvalue weighted by molar-refractivity contribution is 9.10. The summed E-state index contributed by atoms with van der Waals surface area (Å²) in [5, 5.41) is 3.66. The minimum atomic E-state index is -4.19. The van der Waals surface area contributed by atoms with Crippen molar-refractivity contribution in [3.63, 3.8) is 0 Å². The Morgan fingerprint density at radius 3 is 2.48 bits per heavy atom. The van der Waals surface area contributed by atoms with Gasteiger partial charge in [0, 0.05) is 55.1 Å². The number of hydrazone groups is 1. The molecule has 0 spiro atoms. The van der Waals surface area contributed by atoms with Gasteiger partial charge in [0.1, 0.15) is 22.1 Å². The number of imidazole rings is 1.